The predicted octanol–water partition coefficient (Wildman–Crippen LogP) is 4.07. The lowest BCUT2D eigenvalue weighted by atomic mass is 9.84. The molecule has 0 spiro atoms. The number of nitrogens with zero attached hydrogens (tertiary/aromatic N) is 2. The highest BCUT2D eigenvalue weighted by Crippen LogP contribution is 2.35. The van der Waals surface area contributed by atoms with Crippen molar-refractivity contribution in [3.05, 3.63) is 71.0 Å². The minimum Gasteiger partial charge on any atom is -0.464 e. The number of fused-ring (bicyclic) bond motifs is 2. The van der Waals surface area contributed by atoms with Crippen LogP contribution < -0.4 is 0 Å². The van der Waals surface area contributed by atoms with E-state index < -0.39 is 0 Å². The van der Waals surface area contributed by atoms with E-state index in [4.69, 9.17) is 4.42 Å². The van der Waals surface area contributed by atoms with Gasteiger partial charge >= 0.3 is 0 Å². The molecule has 2 heterocycles. The molecule has 124 valence electrons. The summed E-state index contributed by atoms with van der Waals surface area (Å²) in [4.78, 5) is 4.63. The normalized spacial score (nSPS) is 18.2. The fourth-order valence-electron chi connectivity index (χ4n) is 3.84. The van der Waals surface area contributed by atoms with E-state index in [1.54, 1.807) is 6.26 Å². The monoisotopic (exact) mass is 320 g/mol. The van der Waals surface area contributed by atoms with E-state index in [9.17, 15) is 0 Å². The maximum atomic E-state index is 5.61. The van der Waals surface area contributed by atoms with Crippen LogP contribution in [0.5, 0.6) is 0 Å². The molecule has 24 heavy (non-hydrogen) atoms. The molecule has 1 atom stereocenters. The first-order chi connectivity index (χ1) is 11.6. The standard InChI is InChI=1S/C21H24N2O/c1-22(2)12-15-4-7-19-18(10-15)13-23(3)14-20(19)17-6-5-16-8-9-24-21(16)11-17/h4-11,20H,12-14H2,1-3H3. The SMILES string of the molecule is CN(C)Cc1ccc2c(c1)CN(C)CC2c1ccc2ccoc2c1. The van der Waals surface area contributed by atoms with Gasteiger partial charge in [0.25, 0.3) is 0 Å². The second-order valence-corrected chi connectivity index (χ2v) is 7.24. The van der Waals surface area contributed by atoms with Crippen molar-refractivity contribution < 1.29 is 4.42 Å². The molecule has 1 aliphatic rings. The molecule has 1 unspecified atom stereocenters. The van der Waals surface area contributed by atoms with Crippen molar-refractivity contribution in [1.29, 1.82) is 0 Å². The van der Waals surface area contributed by atoms with Crippen molar-refractivity contribution in [2.24, 2.45) is 0 Å². The minimum absolute atomic E-state index is 0.404. The molecule has 0 N–H and O–H groups in total. The van der Waals surface area contributed by atoms with E-state index in [1.807, 2.05) is 6.07 Å². The Labute approximate surface area is 143 Å². The molecule has 0 aliphatic carbocycles. The molecule has 0 amide bonds. The first-order valence-electron chi connectivity index (χ1n) is 8.52. The molecule has 3 nitrogen and oxygen atoms in total. The summed E-state index contributed by atoms with van der Waals surface area (Å²) >= 11 is 0. The van der Waals surface area contributed by atoms with Crippen LogP contribution in [0, 0.1) is 0 Å². The van der Waals surface area contributed by atoms with Crippen molar-refractivity contribution in [3.63, 3.8) is 0 Å². The Bertz CT molecular complexity index is 865. The zero-order valence-corrected chi connectivity index (χ0v) is 14.6. The van der Waals surface area contributed by atoms with Crippen molar-refractivity contribution >= 4 is 11.0 Å². The number of likely N-dealkylation sites (N-methyl/N-ethyl adjacent to an activating group) is 1. The van der Waals surface area contributed by atoms with Gasteiger partial charge in [0, 0.05) is 30.9 Å². The predicted molar refractivity (Wildman–Crippen MR) is 98.2 cm³/mol. The molecule has 1 aliphatic heterocycles. The first kappa shape index (κ1) is 15.4. The van der Waals surface area contributed by atoms with Gasteiger partial charge in [-0.15, -0.1) is 0 Å². The average Bonchev–Trinajstić information content (AvgIpc) is 3.00. The summed E-state index contributed by atoms with van der Waals surface area (Å²) < 4.78 is 5.61. The third-order valence-corrected chi connectivity index (χ3v) is 4.90. The molecule has 1 aromatic heterocycles. The van der Waals surface area contributed by atoms with Gasteiger partial charge in [-0.25, -0.2) is 0 Å². The van der Waals surface area contributed by atoms with E-state index in [1.165, 1.54) is 27.6 Å². The fourth-order valence-corrected chi connectivity index (χ4v) is 3.84. The second-order valence-electron chi connectivity index (χ2n) is 7.24. The lowest BCUT2D eigenvalue weighted by molar-refractivity contribution is 0.294. The summed E-state index contributed by atoms with van der Waals surface area (Å²) in [5, 5.41) is 1.17. The third-order valence-electron chi connectivity index (χ3n) is 4.90. The zero-order valence-electron chi connectivity index (χ0n) is 14.6. The van der Waals surface area contributed by atoms with E-state index in [0.29, 0.717) is 5.92 Å². The molecule has 0 saturated carbocycles. The minimum atomic E-state index is 0.404. The first-order valence-corrected chi connectivity index (χ1v) is 8.52. The van der Waals surface area contributed by atoms with E-state index in [0.717, 1.165) is 25.2 Å². The van der Waals surface area contributed by atoms with Gasteiger partial charge in [0.05, 0.1) is 6.26 Å². The summed E-state index contributed by atoms with van der Waals surface area (Å²) in [5.74, 6) is 0.404. The molecular formula is C21H24N2O. The number of benzene rings is 2. The third kappa shape index (κ3) is 2.85. The van der Waals surface area contributed by atoms with Crippen LogP contribution in [0.25, 0.3) is 11.0 Å². The van der Waals surface area contributed by atoms with Gasteiger partial charge in [-0.2, -0.15) is 0 Å². The van der Waals surface area contributed by atoms with Crippen LogP contribution in [0.3, 0.4) is 0 Å². The number of rotatable bonds is 3. The Hall–Kier alpha value is -2.10. The van der Waals surface area contributed by atoms with Gasteiger partial charge in [0.1, 0.15) is 5.58 Å². The quantitative estimate of drug-likeness (QED) is 0.725. The highest BCUT2D eigenvalue weighted by Gasteiger charge is 2.25. The maximum absolute atomic E-state index is 5.61. The number of hydrogen-bond acceptors (Lipinski definition) is 3. The van der Waals surface area contributed by atoms with Gasteiger partial charge in [0.2, 0.25) is 0 Å². The van der Waals surface area contributed by atoms with Crippen LogP contribution in [-0.2, 0) is 13.1 Å². The molecule has 3 heteroatoms. The van der Waals surface area contributed by atoms with E-state index in [2.05, 4.69) is 67.3 Å². The summed E-state index contributed by atoms with van der Waals surface area (Å²) in [7, 11) is 6.44. The van der Waals surface area contributed by atoms with Crippen LogP contribution in [0.4, 0.5) is 0 Å². The smallest absolute Gasteiger partial charge is 0.134 e. The Morgan fingerprint density at radius 3 is 2.83 bits per heavy atom. The van der Waals surface area contributed by atoms with Crippen molar-refractivity contribution in [2.45, 2.75) is 19.0 Å². The van der Waals surface area contributed by atoms with Crippen LogP contribution in [0.15, 0.2) is 53.1 Å². The lowest BCUT2D eigenvalue weighted by Crippen LogP contribution is -2.31. The Balaban J connectivity index is 1.74. The molecule has 2 aromatic carbocycles. The Kier molecular flexibility index (Phi) is 3.91. The molecule has 0 saturated heterocycles. The largest absolute Gasteiger partial charge is 0.464 e. The van der Waals surface area contributed by atoms with Gasteiger partial charge in [-0.05, 0) is 55.5 Å². The fraction of sp³-hybridized carbons (Fsp3) is 0.333. The Morgan fingerprint density at radius 2 is 2.00 bits per heavy atom. The highest BCUT2D eigenvalue weighted by molar-refractivity contribution is 5.78. The van der Waals surface area contributed by atoms with Crippen molar-refractivity contribution in [2.75, 3.05) is 27.7 Å². The summed E-state index contributed by atoms with van der Waals surface area (Å²) in [6, 6.07) is 15.6. The van der Waals surface area contributed by atoms with E-state index in [-0.39, 0.29) is 0 Å². The van der Waals surface area contributed by atoms with Gasteiger partial charge in [0.15, 0.2) is 0 Å². The topological polar surface area (TPSA) is 19.6 Å². The average molecular weight is 320 g/mol. The van der Waals surface area contributed by atoms with Crippen LogP contribution in [0.2, 0.25) is 0 Å². The number of hydrogen-bond donors (Lipinski definition) is 0. The lowest BCUT2D eigenvalue weighted by Gasteiger charge is -2.33. The van der Waals surface area contributed by atoms with Crippen LogP contribution >= 0.6 is 0 Å². The van der Waals surface area contributed by atoms with Gasteiger partial charge in [-0.1, -0.05) is 30.3 Å². The number of furan rings is 1. The Morgan fingerprint density at radius 1 is 1.12 bits per heavy atom. The zero-order chi connectivity index (χ0) is 16.7. The molecule has 0 fully saturated rings. The van der Waals surface area contributed by atoms with Crippen LogP contribution in [0.1, 0.15) is 28.2 Å². The van der Waals surface area contributed by atoms with Crippen LogP contribution in [-0.4, -0.2) is 37.5 Å². The molecular weight excluding hydrogens is 296 g/mol. The van der Waals surface area contributed by atoms with Gasteiger partial charge < -0.3 is 14.2 Å². The maximum Gasteiger partial charge on any atom is 0.134 e. The summed E-state index contributed by atoms with van der Waals surface area (Å²) in [6.07, 6.45) is 1.77. The highest BCUT2D eigenvalue weighted by atomic mass is 16.3. The molecule has 3 aromatic rings. The van der Waals surface area contributed by atoms with Crippen molar-refractivity contribution in [1.82, 2.24) is 9.80 Å². The molecule has 0 bridgehead atoms. The second kappa shape index (κ2) is 6.08. The summed E-state index contributed by atoms with van der Waals surface area (Å²) in [6.45, 7) is 3.06. The summed E-state index contributed by atoms with van der Waals surface area (Å²) in [5.41, 5.74) is 6.61. The van der Waals surface area contributed by atoms with Gasteiger partial charge in [-0.3, -0.25) is 0 Å². The van der Waals surface area contributed by atoms with Crippen molar-refractivity contribution in [3.8, 4) is 0 Å². The van der Waals surface area contributed by atoms with E-state index >= 15 is 0 Å². The molecule has 0 radical (unpaired) electrons. The molecule has 4 rings (SSSR count).